The number of fused-ring (bicyclic) bond motifs is 1. The number of rotatable bonds is 4. The van der Waals surface area contributed by atoms with Gasteiger partial charge in [-0.25, -0.2) is 4.79 Å². The number of carbonyl (C=O) groups is 2. The summed E-state index contributed by atoms with van der Waals surface area (Å²) in [5.41, 5.74) is -2.12. The van der Waals surface area contributed by atoms with Crippen LogP contribution in [0.2, 0.25) is 0 Å². The van der Waals surface area contributed by atoms with E-state index in [0.717, 1.165) is 0 Å². The number of alkyl halides is 6. The van der Waals surface area contributed by atoms with E-state index in [2.05, 4.69) is 5.10 Å². The molecule has 2 heterocycles. The quantitative estimate of drug-likeness (QED) is 0.536. The Bertz CT molecular complexity index is 1160. The summed E-state index contributed by atoms with van der Waals surface area (Å²) in [6.45, 7) is 2.02. The third-order valence-electron chi connectivity index (χ3n) is 7.40. The van der Waals surface area contributed by atoms with Crippen molar-refractivity contribution in [3.63, 3.8) is 0 Å². The van der Waals surface area contributed by atoms with E-state index in [9.17, 15) is 35.9 Å². The summed E-state index contributed by atoms with van der Waals surface area (Å²) in [7, 11) is 3.19. The molecule has 4 rings (SSSR count). The van der Waals surface area contributed by atoms with Crippen molar-refractivity contribution in [3.8, 4) is 0 Å². The van der Waals surface area contributed by atoms with Crippen molar-refractivity contribution in [3.05, 3.63) is 47.3 Å². The minimum atomic E-state index is -4.76. The zero-order chi connectivity index (χ0) is 27.3. The summed E-state index contributed by atoms with van der Waals surface area (Å²) in [6, 6.07) is 1.08. The minimum Gasteiger partial charge on any atom is -0.322 e. The van der Waals surface area contributed by atoms with Crippen LogP contribution in [0.25, 0.3) is 0 Å². The van der Waals surface area contributed by atoms with Gasteiger partial charge in [-0.3, -0.25) is 9.69 Å². The van der Waals surface area contributed by atoms with E-state index in [0.29, 0.717) is 49.8 Å². The average molecular weight is 532 g/mol. The molecular weight excluding hydrogens is 504 g/mol. The molecule has 2 amide bonds. The van der Waals surface area contributed by atoms with Crippen molar-refractivity contribution >= 4 is 17.6 Å². The molecule has 37 heavy (non-hydrogen) atoms. The largest absolute Gasteiger partial charge is 0.416 e. The summed E-state index contributed by atoms with van der Waals surface area (Å²) in [5, 5.41) is 4.05. The monoisotopic (exact) mass is 531 g/mol. The molecule has 1 unspecified atom stereocenters. The van der Waals surface area contributed by atoms with Gasteiger partial charge in [-0.05, 0) is 55.5 Å². The third-order valence-corrected chi connectivity index (χ3v) is 7.40. The highest BCUT2D eigenvalue weighted by molar-refractivity contribution is 5.91. The molecule has 1 aromatic carbocycles. The van der Waals surface area contributed by atoms with Crippen molar-refractivity contribution in [2.45, 2.75) is 44.7 Å². The van der Waals surface area contributed by atoms with Gasteiger partial charge in [0, 0.05) is 39.6 Å². The van der Waals surface area contributed by atoms with Crippen LogP contribution in [0.1, 0.15) is 36.5 Å². The molecule has 1 saturated carbocycles. The Morgan fingerprint density at radius 3 is 2.19 bits per heavy atom. The first-order valence-electron chi connectivity index (χ1n) is 11.7. The van der Waals surface area contributed by atoms with Crippen LogP contribution in [0.5, 0.6) is 0 Å². The maximum atomic E-state index is 13.5. The summed E-state index contributed by atoms with van der Waals surface area (Å²) in [4.78, 5) is 29.1. The molecule has 13 heteroatoms. The zero-order valence-corrected chi connectivity index (χ0v) is 20.5. The van der Waals surface area contributed by atoms with E-state index in [1.807, 2.05) is 0 Å². The minimum absolute atomic E-state index is 0.120. The maximum absolute atomic E-state index is 13.5. The molecule has 2 aromatic rings. The summed E-state index contributed by atoms with van der Waals surface area (Å²) in [5.74, 6) is 0.0372. The van der Waals surface area contributed by atoms with Crippen LogP contribution < -0.4 is 4.90 Å². The Hall–Kier alpha value is -3.09. The highest BCUT2D eigenvalue weighted by atomic mass is 19.4. The second-order valence-corrected chi connectivity index (χ2v) is 9.84. The third kappa shape index (κ3) is 5.60. The van der Waals surface area contributed by atoms with Gasteiger partial charge in [-0.1, -0.05) is 0 Å². The van der Waals surface area contributed by atoms with Gasteiger partial charge >= 0.3 is 18.4 Å². The fourth-order valence-corrected chi connectivity index (χ4v) is 5.28. The molecule has 0 N–H and O–H groups in total. The molecule has 1 saturated heterocycles. The van der Waals surface area contributed by atoms with E-state index in [4.69, 9.17) is 0 Å². The van der Waals surface area contributed by atoms with Crippen LogP contribution in [0.15, 0.2) is 30.6 Å². The zero-order valence-electron chi connectivity index (χ0n) is 20.5. The second kappa shape index (κ2) is 9.66. The number of anilines is 1. The lowest BCUT2D eigenvalue weighted by Gasteiger charge is -2.28. The number of amides is 2. The number of hydrogen-bond acceptors (Lipinski definition) is 4. The lowest BCUT2D eigenvalue weighted by Crippen LogP contribution is -2.36. The molecule has 202 valence electrons. The number of benzene rings is 1. The average Bonchev–Trinajstić information content (AvgIpc) is 3.51. The summed E-state index contributed by atoms with van der Waals surface area (Å²) < 4.78 is 81.0. The molecule has 1 aliphatic heterocycles. The van der Waals surface area contributed by atoms with Gasteiger partial charge in [0.15, 0.2) is 0 Å². The highest BCUT2D eigenvalue weighted by Crippen LogP contribution is 2.42. The van der Waals surface area contributed by atoms with Crippen LogP contribution >= 0.6 is 0 Å². The van der Waals surface area contributed by atoms with Gasteiger partial charge in [0.1, 0.15) is 0 Å². The number of likely N-dealkylation sites (tertiary alicyclic amines) is 1. The van der Waals surface area contributed by atoms with Crippen LogP contribution in [0.3, 0.4) is 0 Å². The molecule has 2 fully saturated rings. The van der Waals surface area contributed by atoms with Crippen molar-refractivity contribution in [1.82, 2.24) is 19.6 Å². The normalized spacial score (nSPS) is 22.0. The fraction of sp³-hybridized carbons (Fsp3) is 0.542. The van der Waals surface area contributed by atoms with E-state index in [-0.39, 0.29) is 36.4 Å². The molecule has 0 bridgehead atoms. The van der Waals surface area contributed by atoms with Crippen LogP contribution in [0.4, 0.5) is 36.8 Å². The second-order valence-electron chi connectivity index (χ2n) is 9.84. The number of aromatic nitrogens is 2. The Morgan fingerprint density at radius 1 is 1.03 bits per heavy atom. The fourth-order valence-electron chi connectivity index (χ4n) is 5.28. The van der Waals surface area contributed by atoms with Gasteiger partial charge in [0.05, 0.1) is 29.2 Å². The molecule has 7 nitrogen and oxygen atoms in total. The number of carbonyl (C=O) groups excluding carboxylic acids is 2. The number of halogens is 6. The molecule has 2 aliphatic rings. The Morgan fingerprint density at radius 2 is 1.65 bits per heavy atom. The predicted molar refractivity (Wildman–Crippen MR) is 122 cm³/mol. The Balaban J connectivity index is 1.40. The lowest BCUT2D eigenvalue weighted by atomic mass is 10.0. The van der Waals surface area contributed by atoms with Gasteiger partial charge in [0.25, 0.3) is 0 Å². The van der Waals surface area contributed by atoms with E-state index >= 15 is 0 Å². The van der Waals surface area contributed by atoms with Gasteiger partial charge in [-0.2, -0.15) is 36.1 Å². The SMILES string of the molecule is CC(=O)N(C)c1cnn(C(=O)N2C[C@H]3CC(N(C)Cc4cc(C(F)(F)F)ccc4C(F)(F)F)C[C@H]3C2)c1. The first-order valence-corrected chi connectivity index (χ1v) is 11.7. The molecule has 3 atom stereocenters. The molecule has 0 radical (unpaired) electrons. The lowest BCUT2D eigenvalue weighted by molar-refractivity contribution is -0.142. The highest BCUT2D eigenvalue weighted by Gasteiger charge is 2.44. The molecule has 1 aromatic heterocycles. The summed E-state index contributed by atoms with van der Waals surface area (Å²) >= 11 is 0. The maximum Gasteiger partial charge on any atom is 0.416 e. The van der Waals surface area contributed by atoms with Crippen molar-refractivity contribution in [1.29, 1.82) is 0 Å². The molecular formula is C24H27F6N5O2. The van der Waals surface area contributed by atoms with Gasteiger partial charge < -0.3 is 9.80 Å². The Labute approximate surface area is 209 Å². The van der Waals surface area contributed by atoms with Crippen LogP contribution in [-0.2, 0) is 23.7 Å². The molecule has 0 spiro atoms. The molecule has 1 aliphatic carbocycles. The van der Waals surface area contributed by atoms with Crippen LogP contribution in [0, 0.1) is 11.8 Å². The topological polar surface area (TPSA) is 61.7 Å². The van der Waals surface area contributed by atoms with E-state index in [1.165, 1.54) is 28.9 Å². The standard InChI is InChI=1S/C24H27F6N5O2/c1-14(36)33(3)20-9-31-35(13-20)22(37)34-11-15-7-19(8-16(15)12-34)32(2)10-17-6-18(23(25,26)27)4-5-21(17)24(28,29)30/h4-6,9,13,15-16,19H,7-8,10-12H2,1-3H3/t15-,16+,19?. The smallest absolute Gasteiger partial charge is 0.322 e. The van der Waals surface area contributed by atoms with Crippen molar-refractivity contribution in [2.75, 3.05) is 32.1 Å². The van der Waals surface area contributed by atoms with E-state index < -0.39 is 29.0 Å². The van der Waals surface area contributed by atoms with Crippen LogP contribution in [-0.4, -0.2) is 64.7 Å². The first kappa shape index (κ1) is 27.0. The van der Waals surface area contributed by atoms with Gasteiger partial charge in [0.2, 0.25) is 5.91 Å². The van der Waals surface area contributed by atoms with Gasteiger partial charge in [-0.15, -0.1) is 0 Å². The number of nitrogens with zero attached hydrogens (tertiary/aromatic N) is 5. The Kier molecular flexibility index (Phi) is 7.04. The predicted octanol–water partition coefficient (Wildman–Crippen LogP) is 4.71. The van der Waals surface area contributed by atoms with Crippen molar-refractivity contribution in [2.24, 2.45) is 11.8 Å². The van der Waals surface area contributed by atoms with E-state index in [1.54, 1.807) is 23.9 Å². The number of hydrogen-bond donors (Lipinski definition) is 0. The first-order chi connectivity index (χ1) is 17.1. The summed E-state index contributed by atoms with van der Waals surface area (Å²) in [6.07, 6.45) is -5.38. The van der Waals surface area contributed by atoms with Crippen molar-refractivity contribution < 1.29 is 35.9 Å².